The van der Waals surface area contributed by atoms with Gasteiger partial charge in [-0.2, -0.15) is 0 Å². The first-order valence-electron chi connectivity index (χ1n) is 5.18. The van der Waals surface area contributed by atoms with Gasteiger partial charge in [0.15, 0.2) is 11.5 Å². The van der Waals surface area contributed by atoms with E-state index in [1.165, 1.54) is 20.3 Å². The van der Waals surface area contributed by atoms with Gasteiger partial charge >= 0.3 is 5.97 Å². The van der Waals surface area contributed by atoms with Gasteiger partial charge < -0.3 is 14.6 Å². The van der Waals surface area contributed by atoms with Crippen molar-refractivity contribution >= 4 is 21.9 Å². The lowest BCUT2D eigenvalue weighted by atomic mass is 10.1. The maximum atomic E-state index is 11.1. The molecule has 0 radical (unpaired) electrons. The molecule has 96 valence electrons. The van der Waals surface area contributed by atoms with Gasteiger partial charge in [-0.1, -0.05) is 27.8 Å². The molecule has 0 saturated heterocycles. The van der Waals surface area contributed by atoms with Crippen molar-refractivity contribution < 1.29 is 19.4 Å². The van der Waals surface area contributed by atoms with E-state index in [9.17, 15) is 4.79 Å². The summed E-state index contributed by atoms with van der Waals surface area (Å²) in [4.78, 5) is 11.1. The Morgan fingerprint density at radius 3 is 2.44 bits per heavy atom. The number of rotatable bonds is 4. The zero-order chi connectivity index (χ0) is 13.5. The minimum Gasteiger partial charge on any atom is -0.493 e. The van der Waals surface area contributed by atoms with Crippen LogP contribution in [0.5, 0.6) is 11.5 Å². The lowest BCUT2D eigenvalue weighted by Gasteiger charge is -2.09. The largest absolute Gasteiger partial charge is 0.493 e. The molecule has 0 aliphatic carbocycles. The Morgan fingerprint density at radius 2 is 1.94 bits per heavy atom. The summed E-state index contributed by atoms with van der Waals surface area (Å²) in [5, 5.41) is 9.88. The fourth-order valence-corrected chi connectivity index (χ4v) is 1.56. The minimum absolute atomic E-state index is 0.106. The second-order valence-electron chi connectivity index (χ2n) is 3.30. The average Bonchev–Trinajstić information content (AvgIpc) is 2.38. The van der Waals surface area contributed by atoms with Crippen LogP contribution < -0.4 is 9.47 Å². The van der Waals surface area contributed by atoms with Crippen LogP contribution in [0.1, 0.15) is 22.3 Å². The number of carbonyl (C=O) groups is 1. The van der Waals surface area contributed by atoms with Crippen LogP contribution in [0.15, 0.2) is 12.1 Å². The smallest absolute Gasteiger partial charge is 0.337 e. The molecule has 0 heterocycles. The van der Waals surface area contributed by atoms with Gasteiger partial charge in [-0.05, 0) is 6.07 Å². The molecule has 1 aromatic carbocycles. The molecule has 0 atom stereocenters. The quantitative estimate of drug-likeness (QED) is 0.685. The normalized spacial score (nSPS) is 9.28. The lowest BCUT2D eigenvalue weighted by Crippen LogP contribution is -2.02. The molecule has 5 heteroatoms. The molecule has 1 aromatic rings. The van der Waals surface area contributed by atoms with E-state index in [0.29, 0.717) is 23.5 Å². The predicted molar refractivity (Wildman–Crippen MR) is 71.8 cm³/mol. The van der Waals surface area contributed by atoms with Crippen LogP contribution in [0.25, 0.3) is 0 Å². The zero-order valence-electron chi connectivity index (χ0n) is 10.1. The molecular formula is C13H13BrO4. The van der Waals surface area contributed by atoms with Crippen LogP contribution in [0.2, 0.25) is 0 Å². The molecule has 1 N–H and O–H groups in total. The second-order valence-corrected chi connectivity index (χ2v) is 4.09. The van der Waals surface area contributed by atoms with Crippen LogP contribution in [0.3, 0.4) is 0 Å². The van der Waals surface area contributed by atoms with Gasteiger partial charge in [0.25, 0.3) is 0 Å². The summed E-state index contributed by atoms with van der Waals surface area (Å²) < 4.78 is 10.2. The topological polar surface area (TPSA) is 55.8 Å². The van der Waals surface area contributed by atoms with Gasteiger partial charge in [0.05, 0.1) is 19.8 Å². The van der Waals surface area contributed by atoms with Crippen molar-refractivity contribution in [1.29, 1.82) is 0 Å². The molecule has 0 fully saturated rings. The Labute approximate surface area is 114 Å². The van der Waals surface area contributed by atoms with E-state index in [-0.39, 0.29) is 5.56 Å². The summed E-state index contributed by atoms with van der Waals surface area (Å²) in [6, 6.07) is 2.99. The molecule has 0 amide bonds. The van der Waals surface area contributed by atoms with E-state index in [1.54, 1.807) is 6.07 Å². The first-order chi connectivity index (χ1) is 8.63. The van der Waals surface area contributed by atoms with E-state index in [1.807, 2.05) is 0 Å². The Balaban J connectivity index is 3.30. The molecule has 0 aliphatic rings. The Morgan fingerprint density at radius 1 is 1.33 bits per heavy atom. The number of aromatic carboxylic acids is 1. The van der Waals surface area contributed by atoms with E-state index >= 15 is 0 Å². The Hall–Kier alpha value is -1.67. The number of hydrogen-bond acceptors (Lipinski definition) is 3. The maximum Gasteiger partial charge on any atom is 0.337 e. The molecule has 18 heavy (non-hydrogen) atoms. The van der Waals surface area contributed by atoms with E-state index < -0.39 is 5.97 Å². The number of carboxylic acids is 1. The summed E-state index contributed by atoms with van der Waals surface area (Å²) in [5.41, 5.74) is 0.524. The number of hydrogen-bond donors (Lipinski definition) is 1. The average molecular weight is 313 g/mol. The van der Waals surface area contributed by atoms with Crippen LogP contribution in [-0.4, -0.2) is 30.6 Å². The number of carboxylic acid groups (broad SMARTS) is 1. The van der Waals surface area contributed by atoms with Gasteiger partial charge in [-0.25, -0.2) is 4.79 Å². The molecular weight excluding hydrogens is 300 g/mol. The van der Waals surface area contributed by atoms with Gasteiger partial charge in [0.1, 0.15) is 0 Å². The summed E-state index contributed by atoms with van der Waals surface area (Å²) in [5.74, 6) is 5.50. The fraction of sp³-hybridized carbons (Fsp3) is 0.308. The number of methoxy groups -OCH3 is 2. The van der Waals surface area contributed by atoms with Crippen molar-refractivity contribution in [1.82, 2.24) is 0 Å². The number of alkyl halides is 1. The van der Waals surface area contributed by atoms with Crippen molar-refractivity contribution in [3.63, 3.8) is 0 Å². The Kier molecular flexibility index (Phi) is 5.53. The lowest BCUT2D eigenvalue weighted by molar-refractivity contribution is 0.0696. The van der Waals surface area contributed by atoms with Gasteiger partial charge in [0, 0.05) is 23.4 Å². The summed E-state index contributed by atoms with van der Waals surface area (Å²) in [7, 11) is 2.95. The Bertz CT molecular complexity index is 500. The number of halogens is 1. The van der Waals surface area contributed by atoms with E-state index in [0.717, 1.165) is 5.33 Å². The fourth-order valence-electron chi connectivity index (χ4n) is 1.36. The number of ether oxygens (including phenoxy) is 2. The zero-order valence-corrected chi connectivity index (χ0v) is 11.7. The molecule has 0 aliphatic heterocycles. The van der Waals surface area contributed by atoms with Crippen LogP contribution >= 0.6 is 15.9 Å². The summed E-state index contributed by atoms with van der Waals surface area (Å²) in [6.45, 7) is 0. The summed E-state index contributed by atoms with van der Waals surface area (Å²) in [6.07, 6.45) is 0.646. The molecule has 0 bridgehead atoms. The van der Waals surface area contributed by atoms with Crippen molar-refractivity contribution in [2.45, 2.75) is 6.42 Å². The van der Waals surface area contributed by atoms with Crippen molar-refractivity contribution in [2.75, 3.05) is 19.5 Å². The second kappa shape index (κ2) is 6.92. The maximum absolute atomic E-state index is 11.1. The standard InChI is InChI=1S/C13H13BrO4/c1-17-11-7-9(5-3-4-6-14)10(13(15)16)8-12(11)18-2/h7-8H,4,6H2,1-2H3,(H,15,16). The van der Waals surface area contributed by atoms with Crippen molar-refractivity contribution in [3.05, 3.63) is 23.3 Å². The highest BCUT2D eigenvalue weighted by atomic mass is 79.9. The van der Waals surface area contributed by atoms with E-state index in [2.05, 4.69) is 27.8 Å². The predicted octanol–water partition coefficient (Wildman–Crippen LogP) is 2.54. The van der Waals surface area contributed by atoms with Gasteiger partial charge in [-0.15, -0.1) is 0 Å². The van der Waals surface area contributed by atoms with Gasteiger partial charge in [-0.3, -0.25) is 0 Å². The molecule has 4 nitrogen and oxygen atoms in total. The molecule has 0 aromatic heterocycles. The van der Waals surface area contributed by atoms with Crippen molar-refractivity contribution in [2.24, 2.45) is 0 Å². The van der Waals surface area contributed by atoms with Crippen LogP contribution in [-0.2, 0) is 0 Å². The van der Waals surface area contributed by atoms with Crippen LogP contribution in [0.4, 0.5) is 0 Å². The van der Waals surface area contributed by atoms with E-state index in [4.69, 9.17) is 14.6 Å². The minimum atomic E-state index is -1.04. The molecule has 0 spiro atoms. The highest BCUT2D eigenvalue weighted by Gasteiger charge is 2.14. The van der Waals surface area contributed by atoms with Crippen molar-refractivity contribution in [3.8, 4) is 23.3 Å². The first-order valence-corrected chi connectivity index (χ1v) is 6.30. The third-order valence-corrected chi connectivity index (χ3v) is 2.59. The molecule has 0 unspecified atom stereocenters. The summed E-state index contributed by atoms with van der Waals surface area (Å²) >= 11 is 3.26. The first kappa shape index (κ1) is 14.4. The number of benzene rings is 1. The third-order valence-electron chi connectivity index (χ3n) is 2.20. The highest BCUT2D eigenvalue weighted by molar-refractivity contribution is 9.09. The SMILES string of the molecule is COc1cc(C#CCCBr)c(C(=O)O)cc1OC. The van der Waals surface area contributed by atoms with Crippen LogP contribution in [0, 0.1) is 11.8 Å². The molecule has 0 saturated carbocycles. The molecule has 1 rings (SSSR count). The monoisotopic (exact) mass is 312 g/mol. The highest BCUT2D eigenvalue weighted by Crippen LogP contribution is 2.30. The van der Waals surface area contributed by atoms with Gasteiger partial charge in [0.2, 0.25) is 0 Å². The third kappa shape index (κ3) is 3.41.